The average Bonchev–Trinajstić information content (AvgIpc) is 2.37. The SMILES string of the molecule is COCCC(C)(C)CNC(=O)c1cccc(N)c1Cl. The van der Waals surface area contributed by atoms with E-state index in [1.165, 1.54) is 0 Å². The largest absolute Gasteiger partial charge is 0.398 e. The Labute approximate surface area is 119 Å². The molecule has 0 spiro atoms. The van der Waals surface area contributed by atoms with Crippen molar-refractivity contribution in [3.63, 3.8) is 0 Å². The molecule has 0 heterocycles. The second-order valence-electron chi connectivity index (χ2n) is 5.30. The summed E-state index contributed by atoms with van der Waals surface area (Å²) in [4.78, 5) is 12.1. The number of amides is 1. The van der Waals surface area contributed by atoms with Gasteiger partial charge in [0, 0.05) is 20.3 Å². The number of carbonyl (C=O) groups is 1. The molecule has 0 fully saturated rings. The molecule has 0 atom stereocenters. The highest BCUT2D eigenvalue weighted by Crippen LogP contribution is 2.24. The van der Waals surface area contributed by atoms with Crippen LogP contribution in [-0.2, 0) is 4.74 Å². The number of hydrogen-bond acceptors (Lipinski definition) is 3. The van der Waals surface area contributed by atoms with Crippen LogP contribution in [0.4, 0.5) is 5.69 Å². The van der Waals surface area contributed by atoms with Gasteiger partial charge in [0.2, 0.25) is 0 Å². The number of hydrogen-bond donors (Lipinski definition) is 2. The molecular weight excluding hydrogens is 264 g/mol. The first kappa shape index (κ1) is 15.8. The molecule has 19 heavy (non-hydrogen) atoms. The number of benzene rings is 1. The van der Waals surface area contributed by atoms with Gasteiger partial charge < -0.3 is 15.8 Å². The quantitative estimate of drug-likeness (QED) is 0.790. The van der Waals surface area contributed by atoms with Gasteiger partial charge in [0.1, 0.15) is 0 Å². The highest BCUT2D eigenvalue weighted by Gasteiger charge is 2.20. The minimum absolute atomic E-state index is 0.0293. The van der Waals surface area contributed by atoms with Gasteiger partial charge in [0.05, 0.1) is 16.3 Å². The van der Waals surface area contributed by atoms with Gasteiger partial charge in [-0.05, 0) is 24.0 Å². The minimum atomic E-state index is -0.206. The molecule has 3 N–H and O–H groups in total. The van der Waals surface area contributed by atoms with E-state index in [2.05, 4.69) is 19.2 Å². The van der Waals surface area contributed by atoms with Crippen LogP contribution < -0.4 is 11.1 Å². The van der Waals surface area contributed by atoms with Crippen LogP contribution in [0.1, 0.15) is 30.6 Å². The standard InChI is InChI=1S/C14H21ClN2O2/c1-14(2,7-8-19-3)9-17-13(18)10-5-4-6-11(16)12(10)15/h4-6H,7-9,16H2,1-3H3,(H,17,18). The maximum atomic E-state index is 12.1. The maximum absolute atomic E-state index is 12.1. The van der Waals surface area contributed by atoms with Crippen LogP contribution in [-0.4, -0.2) is 26.2 Å². The van der Waals surface area contributed by atoms with E-state index < -0.39 is 0 Å². The van der Waals surface area contributed by atoms with Crippen molar-refractivity contribution in [2.75, 3.05) is 26.0 Å². The van der Waals surface area contributed by atoms with Crippen LogP contribution in [0.3, 0.4) is 0 Å². The van der Waals surface area contributed by atoms with E-state index in [9.17, 15) is 4.79 Å². The molecule has 1 rings (SSSR count). The molecule has 1 amide bonds. The topological polar surface area (TPSA) is 64.3 Å². The fourth-order valence-electron chi connectivity index (χ4n) is 1.61. The molecule has 0 aromatic heterocycles. The van der Waals surface area contributed by atoms with Gasteiger partial charge in [-0.3, -0.25) is 4.79 Å². The predicted octanol–water partition coefficient (Wildman–Crippen LogP) is 2.71. The molecular formula is C14H21ClN2O2. The second kappa shape index (κ2) is 6.78. The van der Waals surface area contributed by atoms with Crippen molar-refractivity contribution in [1.29, 1.82) is 0 Å². The van der Waals surface area contributed by atoms with E-state index in [-0.39, 0.29) is 11.3 Å². The molecule has 0 saturated heterocycles. The lowest BCUT2D eigenvalue weighted by Crippen LogP contribution is -2.34. The number of rotatable bonds is 6. The summed E-state index contributed by atoms with van der Waals surface area (Å²) in [5.41, 5.74) is 6.47. The number of halogens is 1. The summed E-state index contributed by atoms with van der Waals surface area (Å²) in [5, 5.41) is 3.18. The Balaban J connectivity index is 2.63. The first-order chi connectivity index (χ1) is 8.87. The number of anilines is 1. The number of nitrogen functional groups attached to an aromatic ring is 1. The number of carbonyl (C=O) groups excluding carboxylic acids is 1. The Morgan fingerprint density at radius 1 is 1.47 bits per heavy atom. The summed E-state index contributed by atoms with van der Waals surface area (Å²) in [7, 11) is 1.67. The van der Waals surface area contributed by atoms with Crippen molar-refractivity contribution in [2.24, 2.45) is 5.41 Å². The Kier molecular flexibility index (Phi) is 5.63. The lowest BCUT2D eigenvalue weighted by atomic mass is 9.89. The van der Waals surface area contributed by atoms with Gasteiger partial charge >= 0.3 is 0 Å². The minimum Gasteiger partial charge on any atom is -0.398 e. The molecule has 1 aromatic rings. The molecule has 1 aromatic carbocycles. The van der Waals surface area contributed by atoms with Crippen LogP contribution >= 0.6 is 11.6 Å². The van der Waals surface area contributed by atoms with E-state index in [0.717, 1.165) is 6.42 Å². The molecule has 0 bridgehead atoms. The summed E-state index contributed by atoms with van der Waals surface area (Å²) < 4.78 is 5.05. The highest BCUT2D eigenvalue weighted by atomic mass is 35.5. The van der Waals surface area contributed by atoms with Crippen molar-refractivity contribution in [1.82, 2.24) is 5.32 Å². The van der Waals surface area contributed by atoms with E-state index >= 15 is 0 Å². The van der Waals surface area contributed by atoms with Crippen LogP contribution in [0.25, 0.3) is 0 Å². The molecule has 5 heteroatoms. The average molecular weight is 285 g/mol. The molecule has 106 valence electrons. The van der Waals surface area contributed by atoms with E-state index in [1.54, 1.807) is 25.3 Å². The van der Waals surface area contributed by atoms with Gasteiger partial charge in [-0.25, -0.2) is 0 Å². The van der Waals surface area contributed by atoms with Crippen molar-refractivity contribution in [3.05, 3.63) is 28.8 Å². The van der Waals surface area contributed by atoms with Crippen LogP contribution in [0.2, 0.25) is 5.02 Å². The van der Waals surface area contributed by atoms with E-state index in [1.807, 2.05) is 0 Å². The third kappa shape index (κ3) is 4.73. The molecule has 0 aliphatic rings. The first-order valence-electron chi connectivity index (χ1n) is 6.18. The molecule has 0 aliphatic carbocycles. The molecule has 0 unspecified atom stereocenters. The van der Waals surface area contributed by atoms with E-state index in [4.69, 9.17) is 22.1 Å². The van der Waals surface area contributed by atoms with Crippen molar-refractivity contribution >= 4 is 23.2 Å². The maximum Gasteiger partial charge on any atom is 0.252 e. The Bertz CT molecular complexity index is 447. The van der Waals surface area contributed by atoms with E-state index in [0.29, 0.717) is 29.4 Å². The normalized spacial score (nSPS) is 11.4. The number of nitrogens with two attached hydrogens (primary N) is 1. The zero-order valence-electron chi connectivity index (χ0n) is 11.6. The zero-order valence-corrected chi connectivity index (χ0v) is 12.4. The summed E-state index contributed by atoms with van der Waals surface area (Å²) in [6, 6.07) is 5.05. The van der Waals surface area contributed by atoms with Crippen LogP contribution in [0, 0.1) is 5.41 Å². The third-order valence-electron chi connectivity index (χ3n) is 2.98. The van der Waals surface area contributed by atoms with Gasteiger partial charge in [0.25, 0.3) is 5.91 Å². The lowest BCUT2D eigenvalue weighted by molar-refractivity contribution is 0.0921. The summed E-state index contributed by atoms with van der Waals surface area (Å²) in [6.07, 6.45) is 0.869. The smallest absolute Gasteiger partial charge is 0.252 e. The second-order valence-corrected chi connectivity index (χ2v) is 5.68. The predicted molar refractivity (Wildman–Crippen MR) is 78.5 cm³/mol. The number of methoxy groups -OCH3 is 1. The fraction of sp³-hybridized carbons (Fsp3) is 0.500. The van der Waals surface area contributed by atoms with Crippen LogP contribution in [0.15, 0.2) is 18.2 Å². The van der Waals surface area contributed by atoms with Crippen molar-refractivity contribution < 1.29 is 9.53 Å². The summed E-state index contributed by atoms with van der Waals surface area (Å²) in [6.45, 7) is 5.38. The van der Waals surface area contributed by atoms with Gasteiger partial charge in [-0.1, -0.05) is 31.5 Å². The Morgan fingerprint density at radius 3 is 2.79 bits per heavy atom. The van der Waals surface area contributed by atoms with Gasteiger partial charge in [-0.15, -0.1) is 0 Å². The summed E-state index contributed by atoms with van der Waals surface area (Å²) in [5.74, 6) is -0.206. The molecule has 0 saturated carbocycles. The summed E-state index contributed by atoms with van der Waals surface area (Å²) >= 11 is 6.02. The fourth-order valence-corrected chi connectivity index (χ4v) is 1.82. The monoisotopic (exact) mass is 284 g/mol. The first-order valence-corrected chi connectivity index (χ1v) is 6.56. The zero-order chi connectivity index (χ0) is 14.5. The molecule has 4 nitrogen and oxygen atoms in total. The highest BCUT2D eigenvalue weighted by molar-refractivity contribution is 6.36. The number of nitrogens with one attached hydrogen (secondary N) is 1. The van der Waals surface area contributed by atoms with Crippen molar-refractivity contribution in [3.8, 4) is 0 Å². The third-order valence-corrected chi connectivity index (χ3v) is 3.41. The van der Waals surface area contributed by atoms with Gasteiger partial charge in [-0.2, -0.15) is 0 Å². The van der Waals surface area contributed by atoms with Crippen LogP contribution in [0.5, 0.6) is 0 Å². The van der Waals surface area contributed by atoms with Crippen molar-refractivity contribution in [2.45, 2.75) is 20.3 Å². The molecule has 0 radical (unpaired) electrons. The lowest BCUT2D eigenvalue weighted by Gasteiger charge is -2.24. The Hall–Kier alpha value is -1.26. The van der Waals surface area contributed by atoms with Gasteiger partial charge in [0.15, 0.2) is 0 Å². The molecule has 0 aliphatic heterocycles. The Morgan fingerprint density at radius 2 is 2.16 bits per heavy atom. The number of ether oxygens (including phenoxy) is 1.